The van der Waals surface area contributed by atoms with E-state index in [0.717, 1.165) is 40.0 Å². The summed E-state index contributed by atoms with van der Waals surface area (Å²) in [5, 5.41) is 15.7. The Labute approximate surface area is 134 Å². The molecule has 3 heterocycles. The molecule has 4 aromatic rings. The number of aromatic amines is 1. The molecule has 0 unspecified atom stereocenters. The highest BCUT2D eigenvalue weighted by molar-refractivity contribution is 6.03. The smallest absolute Gasteiger partial charge is 0.132 e. The van der Waals surface area contributed by atoms with Gasteiger partial charge in [0.25, 0.3) is 0 Å². The largest absolute Gasteiger partial charge is 0.363 e. The number of benzene rings is 2. The van der Waals surface area contributed by atoms with Gasteiger partial charge in [0.1, 0.15) is 29.7 Å². The van der Waals surface area contributed by atoms with Crippen LogP contribution in [0.3, 0.4) is 0 Å². The quantitative estimate of drug-likeness (QED) is 0.561. The van der Waals surface area contributed by atoms with Gasteiger partial charge in [-0.3, -0.25) is 5.10 Å². The maximum atomic E-state index is 14.2. The normalized spacial score (nSPS) is 12.8. The fraction of sp³-hybridized carbons (Fsp3) is 0.0588. The van der Waals surface area contributed by atoms with Crippen LogP contribution in [0, 0.1) is 11.6 Å². The molecule has 0 atom stereocenters. The van der Waals surface area contributed by atoms with Crippen LogP contribution < -0.4 is 5.32 Å². The van der Waals surface area contributed by atoms with Crippen LogP contribution in [-0.4, -0.2) is 20.0 Å². The third kappa shape index (κ3) is 1.72. The molecular formula is C17H11F2N5. The van der Waals surface area contributed by atoms with Gasteiger partial charge in [-0.1, -0.05) is 18.2 Å². The average Bonchev–Trinajstić information content (AvgIpc) is 3.16. The van der Waals surface area contributed by atoms with Crippen molar-refractivity contribution in [2.24, 2.45) is 0 Å². The summed E-state index contributed by atoms with van der Waals surface area (Å²) in [6, 6.07) is 9.07. The Morgan fingerprint density at radius 3 is 2.88 bits per heavy atom. The lowest BCUT2D eigenvalue weighted by molar-refractivity contribution is 0.602. The molecule has 0 spiro atoms. The summed E-state index contributed by atoms with van der Waals surface area (Å²) in [5.74, 6) is -0.996. The summed E-state index contributed by atoms with van der Waals surface area (Å²) in [4.78, 5) is 0. The fourth-order valence-corrected chi connectivity index (χ4v) is 3.21. The SMILES string of the molecule is Fc1ccc(F)c(-c2nn3c4c(cccc24)-c2n[nH]cc2NC3)c1. The highest BCUT2D eigenvalue weighted by atomic mass is 19.1. The first-order valence-corrected chi connectivity index (χ1v) is 7.45. The van der Waals surface area contributed by atoms with Gasteiger partial charge in [0.2, 0.25) is 0 Å². The summed E-state index contributed by atoms with van der Waals surface area (Å²) in [7, 11) is 0. The number of halogens is 2. The molecule has 0 bridgehead atoms. The first kappa shape index (κ1) is 13.2. The van der Waals surface area contributed by atoms with Gasteiger partial charge in [-0.25, -0.2) is 13.5 Å². The molecule has 0 saturated heterocycles. The van der Waals surface area contributed by atoms with Gasteiger partial charge in [-0.2, -0.15) is 10.2 Å². The van der Waals surface area contributed by atoms with Gasteiger partial charge < -0.3 is 5.32 Å². The second-order valence-corrected chi connectivity index (χ2v) is 5.66. The predicted octanol–water partition coefficient (Wildman–Crippen LogP) is 3.75. The number of hydrogen-bond acceptors (Lipinski definition) is 3. The summed E-state index contributed by atoms with van der Waals surface area (Å²) >= 11 is 0. The lowest BCUT2D eigenvalue weighted by Crippen LogP contribution is -2.07. The Morgan fingerprint density at radius 2 is 1.96 bits per heavy atom. The summed E-state index contributed by atoms with van der Waals surface area (Å²) in [6.45, 7) is 0.414. The van der Waals surface area contributed by atoms with Crippen molar-refractivity contribution in [3.63, 3.8) is 0 Å². The number of aromatic nitrogens is 4. The van der Waals surface area contributed by atoms with E-state index in [1.807, 2.05) is 18.2 Å². The monoisotopic (exact) mass is 323 g/mol. The summed E-state index contributed by atoms with van der Waals surface area (Å²) < 4.78 is 29.6. The molecule has 5 rings (SSSR count). The number of H-pyrrole nitrogens is 1. The number of rotatable bonds is 1. The van der Waals surface area contributed by atoms with Gasteiger partial charge in [0.15, 0.2) is 0 Å². The van der Waals surface area contributed by atoms with E-state index < -0.39 is 11.6 Å². The first-order valence-electron chi connectivity index (χ1n) is 7.45. The van der Waals surface area contributed by atoms with E-state index in [1.165, 1.54) is 6.07 Å². The van der Waals surface area contributed by atoms with Crippen LogP contribution in [-0.2, 0) is 6.67 Å². The molecule has 0 radical (unpaired) electrons. The van der Waals surface area contributed by atoms with Gasteiger partial charge in [-0.05, 0) is 18.2 Å². The molecule has 0 aliphatic carbocycles. The van der Waals surface area contributed by atoms with Crippen LogP contribution in [0.4, 0.5) is 14.5 Å². The molecule has 0 amide bonds. The number of para-hydroxylation sites is 1. The molecule has 2 aromatic carbocycles. The maximum Gasteiger partial charge on any atom is 0.132 e. The van der Waals surface area contributed by atoms with Gasteiger partial charge in [0, 0.05) is 22.7 Å². The lowest BCUT2D eigenvalue weighted by atomic mass is 10.0. The summed E-state index contributed by atoms with van der Waals surface area (Å²) in [6.07, 6.45) is 1.79. The van der Waals surface area contributed by atoms with E-state index >= 15 is 0 Å². The van der Waals surface area contributed by atoms with E-state index in [0.29, 0.717) is 12.4 Å². The molecule has 0 saturated carbocycles. The van der Waals surface area contributed by atoms with E-state index in [9.17, 15) is 8.78 Å². The highest BCUT2D eigenvalue weighted by Gasteiger charge is 2.23. The Kier molecular flexibility index (Phi) is 2.56. The summed E-state index contributed by atoms with van der Waals surface area (Å²) in [5.41, 5.74) is 3.97. The molecule has 118 valence electrons. The molecule has 1 aliphatic rings. The second-order valence-electron chi connectivity index (χ2n) is 5.66. The highest BCUT2D eigenvalue weighted by Crippen LogP contribution is 2.38. The third-order valence-corrected chi connectivity index (χ3v) is 4.27. The average molecular weight is 323 g/mol. The van der Waals surface area contributed by atoms with Crippen LogP contribution in [0.1, 0.15) is 0 Å². The van der Waals surface area contributed by atoms with Crippen molar-refractivity contribution >= 4 is 16.6 Å². The molecular weight excluding hydrogens is 312 g/mol. The lowest BCUT2D eigenvalue weighted by Gasteiger charge is -2.03. The van der Waals surface area contributed by atoms with Gasteiger partial charge >= 0.3 is 0 Å². The third-order valence-electron chi connectivity index (χ3n) is 4.27. The van der Waals surface area contributed by atoms with Crippen LogP contribution in [0.2, 0.25) is 0 Å². The van der Waals surface area contributed by atoms with Crippen LogP contribution >= 0.6 is 0 Å². The maximum absolute atomic E-state index is 14.2. The number of anilines is 1. The van der Waals surface area contributed by atoms with Crippen molar-refractivity contribution in [1.29, 1.82) is 0 Å². The van der Waals surface area contributed by atoms with Gasteiger partial charge in [0.05, 0.1) is 11.2 Å². The minimum atomic E-state index is -0.501. The van der Waals surface area contributed by atoms with Crippen molar-refractivity contribution in [2.75, 3.05) is 5.32 Å². The van der Waals surface area contributed by atoms with Crippen molar-refractivity contribution in [3.8, 4) is 22.5 Å². The molecule has 1 aliphatic heterocycles. The zero-order valence-electron chi connectivity index (χ0n) is 12.3. The zero-order chi connectivity index (χ0) is 16.3. The standard InChI is InChI=1S/C17H11F2N5/c18-9-4-5-13(19)12(6-9)15-10-2-1-3-11-16-14(7-21-22-16)20-8-24(23-15)17(10)11/h1-7,20H,8H2,(H,21,22). The van der Waals surface area contributed by atoms with E-state index in [2.05, 4.69) is 20.6 Å². The van der Waals surface area contributed by atoms with Crippen molar-refractivity contribution in [1.82, 2.24) is 20.0 Å². The van der Waals surface area contributed by atoms with Crippen molar-refractivity contribution in [2.45, 2.75) is 6.67 Å². The predicted molar refractivity (Wildman–Crippen MR) is 86.3 cm³/mol. The zero-order valence-corrected chi connectivity index (χ0v) is 12.3. The molecule has 2 N–H and O–H groups in total. The number of nitrogens with one attached hydrogen (secondary N) is 2. The fourth-order valence-electron chi connectivity index (χ4n) is 3.21. The number of nitrogens with zero attached hydrogens (tertiary/aromatic N) is 3. The molecule has 2 aromatic heterocycles. The number of hydrogen-bond donors (Lipinski definition) is 2. The van der Waals surface area contributed by atoms with E-state index in [4.69, 9.17) is 0 Å². The first-order chi connectivity index (χ1) is 11.7. The minimum absolute atomic E-state index is 0.152. The molecule has 24 heavy (non-hydrogen) atoms. The van der Waals surface area contributed by atoms with Crippen LogP contribution in [0.25, 0.3) is 33.4 Å². The minimum Gasteiger partial charge on any atom is -0.363 e. The Morgan fingerprint density at radius 1 is 1.04 bits per heavy atom. The van der Waals surface area contributed by atoms with Crippen LogP contribution in [0.15, 0.2) is 42.6 Å². The van der Waals surface area contributed by atoms with E-state index in [1.54, 1.807) is 10.9 Å². The van der Waals surface area contributed by atoms with E-state index in [-0.39, 0.29) is 5.56 Å². The Balaban J connectivity index is 1.86. The Hall–Kier alpha value is -3.22. The molecule has 5 nitrogen and oxygen atoms in total. The second kappa shape index (κ2) is 4.64. The Bertz CT molecular complexity index is 1100. The van der Waals surface area contributed by atoms with Crippen molar-refractivity contribution < 1.29 is 8.78 Å². The van der Waals surface area contributed by atoms with Gasteiger partial charge in [-0.15, -0.1) is 0 Å². The topological polar surface area (TPSA) is 58.5 Å². The van der Waals surface area contributed by atoms with Crippen LogP contribution in [0.5, 0.6) is 0 Å². The number of fused-ring (bicyclic) bond motifs is 2. The molecule has 7 heteroatoms. The molecule has 0 fully saturated rings. The van der Waals surface area contributed by atoms with Crippen molar-refractivity contribution in [3.05, 3.63) is 54.2 Å².